The lowest BCUT2D eigenvalue weighted by Crippen LogP contribution is -2.31. The summed E-state index contributed by atoms with van der Waals surface area (Å²) in [4.78, 5) is 11.4. The van der Waals surface area contributed by atoms with E-state index in [2.05, 4.69) is 33.7 Å². The topological polar surface area (TPSA) is 75.1 Å². The normalized spacial score (nSPS) is 22.1. The van der Waals surface area contributed by atoms with Crippen LogP contribution < -0.4 is 5.32 Å². The van der Waals surface area contributed by atoms with E-state index >= 15 is 0 Å². The number of nitrogens with one attached hydrogen (secondary N) is 1. The molecule has 0 spiro atoms. The molecular formula is C22H27N3O2. The maximum atomic E-state index is 11.4. The molecule has 1 saturated carbocycles. The van der Waals surface area contributed by atoms with E-state index in [9.17, 15) is 9.90 Å². The van der Waals surface area contributed by atoms with Crippen LogP contribution in [0.2, 0.25) is 0 Å². The van der Waals surface area contributed by atoms with Gasteiger partial charge in [0.1, 0.15) is 5.82 Å². The summed E-state index contributed by atoms with van der Waals surface area (Å²) in [5.41, 5.74) is 4.92. The van der Waals surface area contributed by atoms with Crippen LogP contribution in [-0.2, 0) is 17.6 Å². The third kappa shape index (κ3) is 4.12. The van der Waals surface area contributed by atoms with Crippen molar-refractivity contribution in [2.75, 3.05) is 11.9 Å². The Bertz CT molecular complexity index is 804. The molecule has 2 aliphatic carbocycles. The Balaban J connectivity index is 1.41. The molecule has 0 bridgehead atoms. The number of aliphatic carboxylic acids is 1. The maximum absolute atomic E-state index is 11.4. The fourth-order valence-corrected chi connectivity index (χ4v) is 4.49. The van der Waals surface area contributed by atoms with E-state index in [0.717, 1.165) is 43.4 Å². The summed E-state index contributed by atoms with van der Waals surface area (Å²) >= 11 is 0. The van der Waals surface area contributed by atoms with Crippen molar-refractivity contribution in [3.05, 3.63) is 41.5 Å². The van der Waals surface area contributed by atoms with Gasteiger partial charge < -0.3 is 10.4 Å². The molecule has 1 heterocycles. The number of hydrogen-bond donors (Lipinski definition) is 2. The van der Waals surface area contributed by atoms with E-state index in [4.69, 9.17) is 0 Å². The Morgan fingerprint density at radius 3 is 2.59 bits per heavy atom. The van der Waals surface area contributed by atoms with Gasteiger partial charge in [0, 0.05) is 12.1 Å². The molecule has 5 heteroatoms. The quantitative estimate of drug-likeness (QED) is 0.825. The highest BCUT2D eigenvalue weighted by Gasteiger charge is 2.30. The predicted octanol–water partition coefficient (Wildman–Crippen LogP) is 4.33. The van der Waals surface area contributed by atoms with Crippen molar-refractivity contribution in [3.63, 3.8) is 0 Å². The number of aryl methyl sites for hydroxylation is 2. The monoisotopic (exact) mass is 365 g/mol. The van der Waals surface area contributed by atoms with Gasteiger partial charge in [0.05, 0.1) is 11.6 Å². The predicted molar refractivity (Wildman–Crippen MR) is 106 cm³/mol. The van der Waals surface area contributed by atoms with E-state index in [1.165, 1.54) is 30.4 Å². The number of anilines is 1. The van der Waals surface area contributed by atoms with E-state index in [0.29, 0.717) is 12.4 Å². The summed E-state index contributed by atoms with van der Waals surface area (Å²) in [5.74, 6) is -0.0332. The molecule has 2 aliphatic rings. The Morgan fingerprint density at radius 1 is 1.00 bits per heavy atom. The first-order valence-corrected chi connectivity index (χ1v) is 10.1. The number of rotatable bonds is 5. The molecule has 0 unspecified atom stereocenters. The summed E-state index contributed by atoms with van der Waals surface area (Å²) in [6.45, 7) is 0.643. The number of carboxylic acid groups (broad SMARTS) is 1. The van der Waals surface area contributed by atoms with Gasteiger partial charge in [-0.3, -0.25) is 4.79 Å². The van der Waals surface area contributed by atoms with Crippen LogP contribution in [0.25, 0.3) is 11.3 Å². The van der Waals surface area contributed by atoms with Crippen molar-refractivity contribution in [2.45, 2.75) is 51.4 Å². The van der Waals surface area contributed by atoms with Crippen molar-refractivity contribution < 1.29 is 9.90 Å². The van der Waals surface area contributed by atoms with Crippen LogP contribution in [0.1, 0.15) is 49.7 Å². The lowest BCUT2D eigenvalue weighted by Gasteiger charge is -2.28. The van der Waals surface area contributed by atoms with Crippen LogP contribution in [0.4, 0.5) is 5.82 Å². The fraction of sp³-hybridized carbons (Fsp3) is 0.500. The number of hydrogen-bond acceptors (Lipinski definition) is 4. The summed E-state index contributed by atoms with van der Waals surface area (Å²) in [6, 6.07) is 10.6. The molecule has 0 amide bonds. The SMILES string of the molecule is O=C(O)[C@H]1CCCC[C@H]1CNc1ccc(-c2ccc3c(c2)CCCC3)nn1. The van der Waals surface area contributed by atoms with Crippen molar-refractivity contribution in [1.29, 1.82) is 0 Å². The van der Waals surface area contributed by atoms with Gasteiger partial charge in [0.25, 0.3) is 0 Å². The standard InChI is InChI=1S/C22H27N3O2/c26-22(27)19-8-4-3-7-18(19)14-23-21-12-11-20(24-25-21)17-10-9-15-5-1-2-6-16(15)13-17/h9-13,18-19H,1-8,14H2,(H,23,25)(H,26,27)/t18-,19-/m0/s1. The summed E-state index contributed by atoms with van der Waals surface area (Å²) < 4.78 is 0. The zero-order valence-corrected chi connectivity index (χ0v) is 15.7. The zero-order chi connectivity index (χ0) is 18.6. The van der Waals surface area contributed by atoms with Crippen LogP contribution in [0.3, 0.4) is 0 Å². The number of fused-ring (bicyclic) bond motifs is 1. The molecule has 0 saturated heterocycles. The molecule has 0 radical (unpaired) electrons. The first-order chi connectivity index (χ1) is 13.2. The average molecular weight is 365 g/mol. The molecular weight excluding hydrogens is 338 g/mol. The van der Waals surface area contributed by atoms with E-state index in [1.54, 1.807) is 0 Å². The molecule has 2 atom stereocenters. The summed E-state index contributed by atoms with van der Waals surface area (Å²) in [6.07, 6.45) is 8.77. The van der Waals surface area contributed by atoms with Crippen LogP contribution in [0.5, 0.6) is 0 Å². The van der Waals surface area contributed by atoms with Gasteiger partial charge in [-0.1, -0.05) is 25.0 Å². The van der Waals surface area contributed by atoms with E-state index < -0.39 is 5.97 Å². The van der Waals surface area contributed by atoms with Crippen molar-refractivity contribution in [3.8, 4) is 11.3 Å². The smallest absolute Gasteiger partial charge is 0.306 e. The second kappa shape index (κ2) is 8.07. The number of carboxylic acids is 1. The molecule has 142 valence electrons. The third-order valence-corrected chi connectivity index (χ3v) is 6.08. The van der Waals surface area contributed by atoms with Crippen LogP contribution in [0, 0.1) is 11.8 Å². The molecule has 4 rings (SSSR count). The largest absolute Gasteiger partial charge is 0.481 e. The second-order valence-corrected chi connectivity index (χ2v) is 7.86. The number of carbonyl (C=O) groups is 1. The fourth-order valence-electron chi connectivity index (χ4n) is 4.49. The summed E-state index contributed by atoms with van der Waals surface area (Å²) in [7, 11) is 0. The Morgan fingerprint density at radius 2 is 1.81 bits per heavy atom. The minimum Gasteiger partial charge on any atom is -0.481 e. The Hall–Kier alpha value is -2.43. The Kier molecular flexibility index (Phi) is 5.37. The first-order valence-electron chi connectivity index (χ1n) is 10.1. The van der Waals surface area contributed by atoms with Crippen molar-refractivity contribution >= 4 is 11.8 Å². The van der Waals surface area contributed by atoms with E-state index in [1.807, 2.05) is 12.1 Å². The van der Waals surface area contributed by atoms with Crippen LogP contribution >= 0.6 is 0 Å². The van der Waals surface area contributed by atoms with Gasteiger partial charge in [-0.2, -0.15) is 0 Å². The van der Waals surface area contributed by atoms with E-state index in [-0.39, 0.29) is 11.8 Å². The van der Waals surface area contributed by atoms with Gasteiger partial charge >= 0.3 is 5.97 Å². The average Bonchev–Trinajstić information content (AvgIpc) is 2.72. The van der Waals surface area contributed by atoms with Gasteiger partial charge in [0.2, 0.25) is 0 Å². The molecule has 0 aliphatic heterocycles. The highest BCUT2D eigenvalue weighted by atomic mass is 16.4. The molecule has 5 nitrogen and oxygen atoms in total. The van der Waals surface area contributed by atoms with Crippen LogP contribution in [0.15, 0.2) is 30.3 Å². The van der Waals surface area contributed by atoms with Crippen molar-refractivity contribution in [2.24, 2.45) is 11.8 Å². The van der Waals surface area contributed by atoms with Gasteiger partial charge in [-0.05, 0) is 73.8 Å². The molecule has 2 N–H and O–H groups in total. The summed E-state index contributed by atoms with van der Waals surface area (Å²) in [5, 5.41) is 21.4. The van der Waals surface area contributed by atoms with Gasteiger partial charge in [0.15, 0.2) is 0 Å². The molecule has 1 fully saturated rings. The highest BCUT2D eigenvalue weighted by Crippen LogP contribution is 2.30. The highest BCUT2D eigenvalue weighted by molar-refractivity contribution is 5.70. The molecule has 1 aromatic heterocycles. The zero-order valence-electron chi connectivity index (χ0n) is 15.7. The van der Waals surface area contributed by atoms with Gasteiger partial charge in [-0.15, -0.1) is 10.2 Å². The number of aromatic nitrogens is 2. The first kappa shape index (κ1) is 18.0. The van der Waals surface area contributed by atoms with Crippen LogP contribution in [-0.4, -0.2) is 27.8 Å². The van der Waals surface area contributed by atoms with Crippen molar-refractivity contribution in [1.82, 2.24) is 10.2 Å². The maximum Gasteiger partial charge on any atom is 0.306 e. The Labute approximate surface area is 160 Å². The number of benzene rings is 1. The molecule has 1 aromatic carbocycles. The minimum absolute atomic E-state index is 0.165. The lowest BCUT2D eigenvalue weighted by molar-refractivity contribution is -0.144. The minimum atomic E-state index is -0.671. The number of nitrogens with zero attached hydrogens (tertiary/aromatic N) is 2. The lowest BCUT2D eigenvalue weighted by atomic mass is 9.79. The second-order valence-electron chi connectivity index (χ2n) is 7.86. The molecule has 27 heavy (non-hydrogen) atoms. The van der Waals surface area contributed by atoms with Gasteiger partial charge in [-0.25, -0.2) is 0 Å². The molecule has 2 aromatic rings. The third-order valence-electron chi connectivity index (χ3n) is 6.08.